The quantitative estimate of drug-likeness (QED) is 0.545. The van der Waals surface area contributed by atoms with Gasteiger partial charge in [-0.15, -0.1) is 10.2 Å². The molecule has 1 amide bonds. The highest BCUT2D eigenvalue weighted by atomic mass is 35.5. The van der Waals surface area contributed by atoms with Crippen molar-refractivity contribution in [3.8, 4) is 0 Å². The van der Waals surface area contributed by atoms with Gasteiger partial charge in [-0.1, -0.05) is 46.7 Å². The predicted octanol–water partition coefficient (Wildman–Crippen LogP) is 3.71. The summed E-state index contributed by atoms with van der Waals surface area (Å²) in [6.07, 6.45) is 0. The summed E-state index contributed by atoms with van der Waals surface area (Å²) in [6, 6.07) is 9.71. The van der Waals surface area contributed by atoms with Crippen LogP contribution in [-0.2, 0) is 16.6 Å². The van der Waals surface area contributed by atoms with Crippen LogP contribution in [0.25, 0.3) is 0 Å². The number of rotatable bonds is 6. The molecule has 0 aliphatic carbocycles. The van der Waals surface area contributed by atoms with Gasteiger partial charge >= 0.3 is 0 Å². The Labute approximate surface area is 173 Å². The third-order valence-electron chi connectivity index (χ3n) is 3.41. The van der Waals surface area contributed by atoms with Crippen LogP contribution in [0.2, 0.25) is 10.0 Å². The highest BCUT2D eigenvalue weighted by Crippen LogP contribution is 2.24. The Balaban J connectivity index is 1.68. The number of nitrogens with one attached hydrogen (secondary N) is 2. The average molecular weight is 461 g/mol. The zero-order chi connectivity index (χ0) is 20.3. The molecule has 0 atom stereocenters. The first kappa shape index (κ1) is 20.6. The molecule has 0 aliphatic rings. The molecule has 28 heavy (non-hydrogen) atoms. The van der Waals surface area contributed by atoms with Crippen LogP contribution >= 0.6 is 34.5 Å². The van der Waals surface area contributed by atoms with Crippen LogP contribution in [0.5, 0.6) is 0 Å². The molecule has 0 saturated heterocycles. The van der Waals surface area contributed by atoms with Crippen molar-refractivity contribution < 1.29 is 17.6 Å². The van der Waals surface area contributed by atoms with Gasteiger partial charge in [0.2, 0.25) is 9.47 Å². The second-order valence-corrected chi connectivity index (χ2v) is 9.16. The third-order valence-corrected chi connectivity index (χ3v) is 6.57. The van der Waals surface area contributed by atoms with Crippen LogP contribution in [0.1, 0.15) is 15.9 Å². The molecule has 146 valence electrons. The normalized spacial score (nSPS) is 11.4. The summed E-state index contributed by atoms with van der Waals surface area (Å²) in [5, 5.41) is 10.2. The molecule has 3 rings (SSSR count). The Morgan fingerprint density at radius 1 is 1.11 bits per heavy atom. The molecule has 7 nitrogen and oxygen atoms in total. The van der Waals surface area contributed by atoms with Gasteiger partial charge in [-0.25, -0.2) is 17.5 Å². The van der Waals surface area contributed by atoms with Gasteiger partial charge in [0.05, 0.1) is 10.6 Å². The lowest BCUT2D eigenvalue weighted by Crippen LogP contribution is -2.23. The number of sulfonamides is 1. The Kier molecular flexibility index (Phi) is 6.26. The molecule has 0 saturated carbocycles. The first-order valence-electron chi connectivity index (χ1n) is 7.58. The smallest absolute Gasteiger partial charge is 0.270 e. The fraction of sp³-hybridized carbons (Fsp3) is 0.0625. The number of hydrogen-bond donors (Lipinski definition) is 2. The third kappa shape index (κ3) is 5.03. The lowest BCUT2D eigenvalue weighted by atomic mass is 10.2. The molecule has 0 aliphatic heterocycles. The summed E-state index contributed by atoms with van der Waals surface area (Å²) in [6.45, 7) is -0.0513. The van der Waals surface area contributed by atoms with Crippen LogP contribution in [0.3, 0.4) is 0 Å². The maximum atomic E-state index is 12.9. The lowest BCUT2D eigenvalue weighted by molar-refractivity contribution is 0.102. The molecule has 0 fully saturated rings. The molecular formula is C16H11Cl2FN4O3S2. The van der Waals surface area contributed by atoms with E-state index in [9.17, 15) is 17.6 Å². The van der Waals surface area contributed by atoms with Gasteiger partial charge in [0.15, 0.2) is 0 Å². The highest BCUT2D eigenvalue weighted by Gasteiger charge is 2.21. The van der Waals surface area contributed by atoms with Crippen molar-refractivity contribution in [1.82, 2.24) is 14.9 Å². The lowest BCUT2D eigenvalue weighted by Gasteiger charge is -2.04. The number of aromatic nitrogens is 2. The second-order valence-electron chi connectivity index (χ2n) is 5.40. The predicted molar refractivity (Wildman–Crippen MR) is 105 cm³/mol. The van der Waals surface area contributed by atoms with Crippen molar-refractivity contribution in [1.29, 1.82) is 0 Å². The summed E-state index contributed by atoms with van der Waals surface area (Å²) < 4.78 is 39.5. The van der Waals surface area contributed by atoms with Crippen molar-refractivity contribution in [3.63, 3.8) is 0 Å². The maximum absolute atomic E-state index is 12.9. The van der Waals surface area contributed by atoms with Gasteiger partial charge in [-0.05, 0) is 35.9 Å². The Morgan fingerprint density at radius 3 is 2.50 bits per heavy atom. The largest absolute Gasteiger partial charge is 0.296 e. The Bertz CT molecular complexity index is 1120. The van der Waals surface area contributed by atoms with E-state index < -0.39 is 21.7 Å². The zero-order valence-corrected chi connectivity index (χ0v) is 17.0. The number of nitrogens with zero attached hydrogens (tertiary/aromatic N) is 2. The number of amides is 1. The van der Waals surface area contributed by atoms with Crippen molar-refractivity contribution in [2.45, 2.75) is 10.9 Å². The molecule has 0 spiro atoms. The highest BCUT2D eigenvalue weighted by molar-refractivity contribution is 7.91. The molecule has 0 radical (unpaired) electrons. The fourth-order valence-electron chi connectivity index (χ4n) is 2.05. The van der Waals surface area contributed by atoms with Crippen LogP contribution in [-0.4, -0.2) is 24.5 Å². The number of benzene rings is 2. The minimum absolute atomic E-state index is 0.0156. The molecule has 1 aromatic heterocycles. The van der Waals surface area contributed by atoms with Crippen molar-refractivity contribution in [2.75, 3.05) is 5.32 Å². The zero-order valence-electron chi connectivity index (χ0n) is 13.8. The van der Waals surface area contributed by atoms with E-state index in [-0.39, 0.29) is 26.6 Å². The van der Waals surface area contributed by atoms with Crippen LogP contribution in [0.15, 0.2) is 46.8 Å². The van der Waals surface area contributed by atoms with E-state index in [1.54, 1.807) is 0 Å². The van der Waals surface area contributed by atoms with Gasteiger partial charge in [0.1, 0.15) is 5.82 Å². The fourth-order valence-corrected chi connectivity index (χ4v) is 4.50. The number of carbonyl (C=O) groups excluding carboxylic acids is 1. The molecular weight excluding hydrogens is 450 g/mol. The van der Waals surface area contributed by atoms with E-state index in [4.69, 9.17) is 23.2 Å². The van der Waals surface area contributed by atoms with E-state index in [1.807, 2.05) is 0 Å². The topological polar surface area (TPSA) is 101 Å². The van der Waals surface area contributed by atoms with E-state index >= 15 is 0 Å². The van der Waals surface area contributed by atoms with Gasteiger partial charge in [-0.3, -0.25) is 10.1 Å². The molecule has 0 bridgehead atoms. The average Bonchev–Trinajstić information content (AvgIpc) is 3.10. The van der Waals surface area contributed by atoms with E-state index in [2.05, 4.69) is 20.2 Å². The van der Waals surface area contributed by atoms with E-state index in [0.29, 0.717) is 21.9 Å². The number of carbonyl (C=O) groups is 1. The van der Waals surface area contributed by atoms with E-state index in [0.717, 1.165) is 0 Å². The summed E-state index contributed by atoms with van der Waals surface area (Å²) in [7, 11) is -3.96. The first-order valence-corrected chi connectivity index (χ1v) is 10.6. The standard InChI is InChI=1S/C16H11Cl2FN4O3S2/c17-10-3-6-12(13(18)7-10)14(24)21-15-22-23-16(27-15)28(25,26)20-8-9-1-4-11(19)5-2-9/h1-7,20H,8H2,(H,21,22,24). The van der Waals surface area contributed by atoms with E-state index in [1.165, 1.54) is 42.5 Å². The number of halogens is 3. The van der Waals surface area contributed by atoms with Gasteiger partial charge in [0, 0.05) is 11.6 Å². The van der Waals surface area contributed by atoms with Gasteiger partial charge < -0.3 is 0 Å². The first-order chi connectivity index (χ1) is 13.2. The Hall–Kier alpha value is -2.11. The molecule has 12 heteroatoms. The summed E-state index contributed by atoms with van der Waals surface area (Å²) in [4.78, 5) is 12.2. The molecule has 2 N–H and O–H groups in total. The number of hydrogen-bond acceptors (Lipinski definition) is 6. The van der Waals surface area contributed by atoms with Crippen molar-refractivity contribution in [3.05, 3.63) is 69.5 Å². The monoisotopic (exact) mass is 460 g/mol. The maximum Gasteiger partial charge on any atom is 0.270 e. The summed E-state index contributed by atoms with van der Waals surface area (Å²) in [5.41, 5.74) is 0.723. The summed E-state index contributed by atoms with van der Waals surface area (Å²) in [5.74, 6) is -1.00. The minimum atomic E-state index is -3.96. The molecule has 3 aromatic rings. The summed E-state index contributed by atoms with van der Waals surface area (Å²) >= 11 is 12.4. The van der Waals surface area contributed by atoms with Crippen LogP contribution in [0.4, 0.5) is 9.52 Å². The SMILES string of the molecule is O=C(Nc1nnc(S(=O)(=O)NCc2ccc(F)cc2)s1)c1ccc(Cl)cc1Cl. The van der Waals surface area contributed by atoms with Crippen LogP contribution in [0, 0.1) is 5.82 Å². The Morgan fingerprint density at radius 2 is 1.82 bits per heavy atom. The van der Waals surface area contributed by atoms with Gasteiger partial charge in [0.25, 0.3) is 15.9 Å². The van der Waals surface area contributed by atoms with Crippen molar-refractivity contribution >= 4 is 55.6 Å². The van der Waals surface area contributed by atoms with Gasteiger partial charge in [-0.2, -0.15) is 0 Å². The number of anilines is 1. The second kappa shape index (κ2) is 8.50. The van der Waals surface area contributed by atoms with Crippen molar-refractivity contribution in [2.24, 2.45) is 0 Å². The minimum Gasteiger partial charge on any atom is -0.296 e. The van der Waals surface area contributed by atoms with Crippen LogP contribution < -0.4 is 10.0 Å². The molecule has 0 unspecified atom stereocenters. The molecule has 1 heterocycles. The molecule has 2 aromatic carbocycles.